The lowest BCUT2D eigenvalue weighted by molar-refractivity contribution is -0.385. The van der Waals surface area contributed by atoms with Crippen LogP contribution in [-0.4, -0.2) is 22.9 Å². The summed E-state index contributed by atoms with van der Waals surface area (Å²) in [6.45, 7) is 1.24. The second-order valence-corrected chi connectivity index (χ2v) is 2.86. The number of ether oxygens (including phenoxy) is 1. The first-order chi connectivity index (χ1) is 6.97. The van der Waals surface area contributed by atoms with Crippen LogP contribution in [0.4, 0.5) is 5.69 Å². The maximum absolute atomic E-state index is 11.1. The summed E-state index contributed by atoms with van der Waals surface area (Å²) in [4.78, 5) is 20.9. The summed E-state index contributed by atoms with van der Waals surface area (Å²) in [5.41, 5.74) is -0.359. The monoisotopic (exact) mass is 211 g/mol. The van der Waals surface area contributed by atoms with Crippen LogP contribution in [0.25, 0.3) is 0 Å². The number of non-ortho nitro benzene ring substituents is 1. The summed E-state index contributed by atoms with van der Waals surface area (Å²) < 4.78 is 4.78. The van der Waals surface area contributed by atoms with Gasteiger partial charge in [-0.1, -0.05) is 0 Å². The molecule has 0 aliphatic carbocycles. The van der Waals surface area contributed by atoms with Crippen molar-refractivity contribution in [2.24, 2.45) is 0 Å². The van der Waals surface area contributed by atoms with Crippen molar-refractivity contribution in [3.63, 3.8) is 0 Å². The fourth-order valence-corrected chi connectivity index (χ4v) is 1.18. The number of aromatic hydroxyl groups is 1. The largest absolute Gasteiger partial charge is 0.504 e. The molecule has 1 aromatic rings. The molecule has 0 aromatic heterocycles. The molecule has 0 aliphatic heterocycles. The van der Waals surface area contributed by atoms with Gasteiger partial charge in [-0.15, -0.1) is 0 Å². The number of phenolic OH excluding ortho intramolecular Hbond substituents is 1. The van der Waals surface area contributed by atoms with Gasteiger partial charge in [0.15, 0.2) is 17.3 Å². The number of hydrogen-bond donors (Lipinski definition) is 1. The molecule has 0 spiro atoms. The normalized spacial score (nSPS) is 9.73. The van der Waals surface area contributed by atoms with Crippen LogP contribution in [0, 0.1) is 10.1 Å². The van der Waals surface area contributed by atoms with E-state index in [-0.39, 0.29) is 17.0 Å². The van der Waals surface area contributed by atoms with Crippen molar-refractivity contribution in [3.8, 4) is 11.5 Å². The molecule has 1 aromatic carbocycles. The van der Waals surface area contributed by atoms with Crippen LogP contribution in [-0.2, 0) is 0 Å². The lowest BCUT2D eigenvalue weighted by Crippen LogP contribution is -2.00. The Labute approximate surface area is 85.2 Å². The number of nitro groups is 1. The summed E-state index contributed by atoms with van der Waals surface area (Å²) in [5, 5.41) is 19.9. The molecule has 6 nitrogen and oxygen atoms in total. The van der Waals surface area contributed by atoms with Crippen LogP contribution in [0.1, 0.15) is 17.3 Å². The molecule has 0 aliphatic rings. The Morgan fingerprint density at radius 3 is 2.53 bits per heavy atom. The average molecular weight is 211 g/mol. The lowest BCUT2D eigenvalue weighted by atomic mass is 10.1. The minimum atomic E-state index is -0.689. The zero-order valence-electron chi connectivity index (χ0n) is 8.18. The number of methoxy groups -OCH3 is 1. The smallest absolute Gasteiger partial charge is 0.274 e. The molecule has 0 unspecified atom stereocenters. The Morgan fingerprint density at radius 2 is 2.13 bits per heavy atom. The molecule has 15 heavy (non-hydrogen) atoms. The third-order valence-corrected chi connectivity index (χ3v) is 1.85. The van der Waals surface area contributed by atoms with Crippen molar-refractivity contribution in [2.75, 3.05) is 7.11 Å². The van der Waals surface area contributed by atoms with Gasteiger partial charge in [-0.05, 0) is 6.92 Å². The molecule has 80 valence electrons. The highest BCUT2D eigenvalue weighted by Crippen LogP contribution is 2.34. The Bertz CT molecular complexity index is 427. The zero-order valence-corrected chi connectivity index (χ0v) is 8.18. The molecule has 0 atom stereocenters. The van der Waals surface area contributed by atoms with Crippen molar-refractivity contribution in [1.29, 1.82) is 0 Å². The van der Waals surface area contributed by atoms with Gasteiger partial charge in [0.2, 0.25) is 0 Å². The van der Waals surface area contributed by atoms with Gasteiger partial charge in [-0.25, -0.2) is 0 Å². The maximum Gasteiger partial charge on any atom is 0.274 e. The topological polar surface area (TPSA) is 89.7 Å². The second kappa shape index (κ2) is 3.95. The van der Waals surface area contributed by atoms with E-state index in [1.165, 1.54) is 14.0 Å². The predicted octanol–water partition coefficient (Wildman–Crippen LogP) is 1.51. The quantitative estimate of drug-likeness (QED) is 0.465. The van der Waals surface area contributed by atoms with Crippen LogP contribution in [0.3, 0.4) is 0 Å². The maximum atomic E-state index is 11.1. The Balaban J connectivity index is 3.45. The highest BCUT2D eigenvalue weighted by molar-refractivity contribution is 5.98. The van der Waals surface area contributed by atoms with E-state index in [9.17, 15) is 20.0 Å². The summed E-state index contributed by atoms with van der Waals surface area (Å²) in [6.07, 6.45) is 0. The van der Waals surface area contributed by atoms with E-state index in [4.69, 9.17) is 4.74 Å². The number of carbonyl (C=O) groups is 1. The van der Waals surface area contributed by atoms with Gasteiger partial charge < -0.3 is 9.84 Å². The van der Waals surface area contributed by atoms with Gasteiger partial charge in [0.05, 0.1) is 23.7 Å². The van der Waals surface area contributed by atoms with Gasteiger partial charge in [0, 0.05) is 6.07 Å². The van der Waals surface area contributed by atoms with E-state index in [1.807, 2.05) is 0 Å². The Kier molecular flexibility index (Phi) is 2.89. The van der Waals surface area contributed by atoms with E-state index in [0.717, 1.165) is 12.1 Å². The second-order valence-electron chi connectivity index (χ2n) is 2.86. The molecule has 1 N–H and O–H groups in total. The SMILES string of the molecule is COc1c(O)cc([N+](=O)[O-])cc1C(C)=O. The molecule has 0 fully saturated rings. The molecule has 0 saturated heterocycles. The van der Waals surface area contributed by atoms with Crippen molar-refractivity contribution in [2.45, 2.75) is 6.92 Å². The van der Waals surface area contributed by atoms with Crippen molar-refractivity contribution in [3.05, 3.63) is 27.8 Å². The van der Waals surface area contributed by atoms with E-state index < -0.39 is 16.5 Å². The predicted molar refractivity (Wildman–Crippen MR) is 51.3 cm³/mol. The van der Waals surface area contributed by atoms with Crippen molar-refractivity contribution in [1.82, 2.24) is 0 Å². The third-order valence-electron chi connectivity index (χ3n) is 1.85. The molecule has 0 saturated carbocycles. The van der Waals surface area contributed by atoms with E-state index in [2.05, 4.69) is 0 Å². The van der Waals surface area contributed by atoms with Gasteiger partial charge in [-0.2, -0.15) is 0 Å². The van der Waals surface area contributed by atoms with E-state index in [0.29, 0.717) is 0 Å². The molecule has 0 radical (unpaired) electrons. The first-order valence-corrected chi connectivity index (χ1v) is 4.03. The Morgan fingerprint density at radius 1 is 1.53 bits per heavy atom. The molecular formula is C9H9NO5. The summed E-state index contributed by atoms with van der Waals surface area (Å²) >= 11 is 0. The number of phenols is 1. The van der Waals surface area contributed by atoms with E-state index >= 15 is 0 Å². The molecular weight excluding hydrogens is 202 g/mol. The minimum Gasteiger partial charge on any atom is -0.504 e. The summed E-state index contributed by atoms with van der Waals surface area (Å²) in [6, 6.07) is 2.01. The standard InChI is InChI=1S/C9H9NO5/c1-5(11)7-3-6(10(13)14)4-8(12)9(7)15-2/h3-4,12H,1-2H3. The van der Waals surface area contributed by atoms with Crippen LogP contribution < -0.4 is 4.74 Å². The fourth-order valence-electron chi connectivity index (χ4n) is 1.18. The van der Waals surface area contributed by atoms with Gasteiger partial charge in [-0.3, -0.25) is 14.9 Å². The molecule has 6 heteroatoms. The van der Waals surface area contributed by atoms with Crippen LogP contribution in [0.5, 0.6) is 11.5 Å². The molecule has 0 amide bonds. The van der Waals surface area contributed by atoms with Crippen LogP contribution >= 0.6 is 0 Å². The average Bonchev–Trinajstić information content (AvgIpc) is 2.16. The first-order valence-electron chi connectivity index (χ1n) is 4.03. The highest BCUT2D eigenvalue weighted by Gasteiger charge is 2.19. The highest BCUT2D eigenvalue weighted by atomic mass is 16.6. The molecule has 1 rings (SSSR count). The van der Waals surface area contributed by atoms with Crippen molar-refractivity contribution >= 4 is 11.5 Å². The number of carbonyl (C=O) groups excluding carboxylic acids is 1. The molecule has 0 heterocycles. The van der Waals surface area contributed by atoms with Gasteiger partial charge >= 0.3 is 0 Å². The van der Waals surface area contributed by atoms with Crippen LogP contribution in [0.15, 0.2) is 12.1 Å². The summed E-state index contributed by atoms with van der Waals surface area (Å²) in [5.74, 6) is -0.879. The number of nitro benzene ring substituents is 1. The number of rotatable bonds is 3. The number of Topliss-reactive ketones (excluding diaryl/α,β-unsaturated/α-hetero) is 1. The zero-order chi connectivity index (χ0) is 11.6. The van der Waals surface area contributed by atoms with Gasteiger partial charge in [0.1, 0.15) is 0 Å². The van der Waals surface area contributed by atoms with Gasteiger partial charge in [0.25, 0.3) is 5.69 Å². The Hall–Kier alpha value is -2.11. The fraction of sp³-hybridized carbons (Fsp3) is 0.222. The van der Waals surface area contributed by atoms with Crippen LogP contribution in [0.2, 0.25) is 0 Å². The number of nitrogens with zero attached hydrogens (tertiary/aromatic N) is 1. The number of benzene rings is 1. The lowest BCUT2D eigenvalue weighted by Gasteiger charge is -2.07. The molecule has 0 bridgehead atoms. The third kappa shape index (κ3) is 2.04. The van der Waals surface area contributed by atoms with Crippen molar-refractivity contribution < 1.29 is 19.6 Å². The number of ketones is 1. The number of hydrogen-bond acceptors (Lipinski definition) is 5. The van der Waals surface area contributed by atoms with E-state index in [1.54, 1.807) is 0 Å². The minimum absolute atomic E-state index is 0.01000. The first kappa shape index (κ1) is 11.0. The summed E-state index contributed by atoms with van der Waals surface area (Å²) in [7, 11) is 1.27.